The Labute approximate surface area is 94.8 Å². The molecule has 0 aliphatic heterocycles. The Morgan fingerprint density at radius 1 is 1.38 bits per heavy atom. The minimum Gasteiger partial charge on any atom is -0.480 e. The standard InChI is InChI=1S/C8H12F3NO3S/c1-2-12(3-7(14)15)6(13)4-16-5-8(9,10)11/h2-5H2,1H3,(H,14,15). The summed E-state index contributed by atoms with van der Waals surface area (Å²) in [5, 5.41) is 8.44. The van der Waals surface area contributed by atoms with E-state index < -0.39 is 30.4 Å². The highest BCUT2D eigenvalue weighted by Gasteiger charge is 2.27. The molecule has 0 saturated heterocycles. The minimum atomic E-state index is -4.31. The molecule has 0 atom stereocenters. The molecule has 1 amide bonds. The smallest absolute Gasteiger partial charge is 0.397 e. The van der Waals surface area contributed by atoms with E-state index in [1.807, 2.05) is 0 Å². The van der Waals surface area contributed by atoms with Gasteiger partial charge in [-0.15, -0.1) is 11.8 Å². The molecule has 0 fully saturated rings. The lowest BCUT2D eigenvalue weighted by Gasteiger charge is -2.18. The minimum absolute atomic E-state index is 0.164. The van der Waals surface area contributed by atoms with Crippen LogP contribution in [0.2, 0.25) is 0 Å². The molecule has 0 radical (unpaired) electrons. The lowest BCUT2D eigenvalue weighted by atomic mass is 10.4. The van der Waals surface area contributed by atoms with Gasteiger partial charge in [0.05, 0.1) is 11.5 Å². The van der Waals surface area contributed by atoms with Crippen LogP contribution in [0, 0.1) is 0 Å². The zero-order chi connectivity index (χ0) is 12.8. The Hall–Kier alpha value is -0.920. The van der Waals surface area contributed by atoms with Gasteiger partial charge in [0.2, 0.25) is 5.91 Å². The Bertz CT molecular complexity index is 257. The number of carbonyl (C=O) groups excluding carboxylic acids is 1. The summed E-state index contributed by atoms with van der Waals surface area (Å²) >= 11 is 0.430. The van der Waals surface area contributed by atoms with E-state index in [2.05, 4.69) is 0 Å². The van der Waals surface area contributed by atoms with Gasteiger partial charge in [0.1, 0.15) is 6.54 Å². The Morgan fingerprint density at radius 2 is 1.94 bits per heavy atom. The van der Waals surface area contributed by atoms with Gasteiger partial charge in [0.25, 0.3) is 0 Å². The fraction of sp³-hybridized carbons (Fsp3) is 0.750. The van der Waals surface area contributed by atoms with Gasteiger partial charge in [-0.3, -0.25) is 9.59 Å². The van der Waals surface area contributed by atoms with E-state index in [1.165, 1.54) is 0 Å². The van der Waals surface area contributed by atoms with Gasteiger partial charge >= 0.3 is 12.1 Å². The summed E-state index contributed by atoms with van der Waals surface area (Å²) in [7, 11) is 0. The van der Waals surface area contributed by atoms with Crippen molar-refractivity contribution in [2.75, 3.05) is 24.6 Å². The van der Waals surface area contributed by atoms with Crippen LogP contribution in [0.3, 0.4) is 0 Å². The molecule has 0 aliphatic carbocycles. The number of carbonyl (C=O) groups is 2. The highest BCUT2D eigenvalue weighted by Crippen LogP contribution is 2.21. The first-order valence-electron chi connectivity index (χ1n) is 4.40. The first kappa shape index (κ1) is 15.1. The quantitative estimate of drug-likeness (QED) is 0.779. The van der Waals surface area contributed by atoms with Crippen molar-refractivity contribution >= 4 is 23.6 Å². The number of amides is 1. The molecule has 0 aromatic carbocycles. The normalized spacial score (nSPS) is 11.2. The molecule has 0 spiro atoms. The Morgan fingerprint density at radius 3 is 2.31 bits per heavy atom. The first-order chi connectivity index (χ1) is 7.26. The number of aliphatic carboxylic acids is 1. The largest absolute Gasteiger partial charge is 0.480 e. The van der Waals surface area contributed by atoms with Crippen molar-refractivity contribution < 1.29 is 27.9 Å². The third-order valence-electron chi connectivity index (χ3n) is 1.55. The summed E-state index contributed by atoms with van der Waals surface area (Å²) < 4.78 is 35.3. The third kappa shape index (κ3) is 7.38. The van der Waals surface area contributed by atoms with Gasteiger partial charge in [-0.1, -0.05) is 0 Å². The second-order valence-electron chi connectivity index (χ2n) is 2.91. The summed E-state index contributed by atoms with van der Waals surface area (Å²) in [5.41, 5.74) is 0. The fourth-order valence-electron chi connectivity index (χ4n) is 0.885. The number of rotatable bonds is 6. The molecule has 94 valence electrons. The van der Waals surface area contributed by atoms with Gasteiger partial charge in [-0.2, -0.15) is 13.2 Å². The summed E-state index contributed by atoms with van der Waals surface area (Å²) in [4.78, 5) is 22.6. The summed E-state index contributed by atoms with van der Waals surface area (Å²) in [6.45, 7) is 1.24. The average Bonchev–Trinajstić information content (AvgIpc) is 2.11. The van der Waals surface area contributed by atoms with Gasteiger partial charge in [0.15, 0.2) is 0 Å². The molecule has 0 rings (SSSR count). The van der Waals surface area contributed by atoms with E-state index >= 15 is 0 Å². The van der Waals surface area contributed by atoms with Gasteiger partial charge in [-0.05, 0) is 6.92 Å². The second kappa shape index (κ2) is 6.62. The van der Waals surface area contributed by atoms with Crippen molar-refractivity contribution in [2.45, 2.75) is 13.1 Å². The summed E-state index contributed by atoms with van der Waals surface area (Å²) in [6, 6.07) is 0. The van der Waals surface area contributed by atoms with E-state index in [9.17, 15) is 22.8 Å². The molecular formula is C8H12F3NO3S. The zero-order valence-electron chi connectivity index (χ0n) is 8.58. The number of nitrogens with zero attached hydrogens (tertiary/aromatic N) is 1. The van der Waals surface area contributed by atoms with Crippen LogP contribution in [-0.2, 0) is 9.59 Å². The van der Waals surface area contributed by atoms with Crippen LogP contribution in [-0.4, -0.2) is 52.7 Å². The lowest BCUT2D eigenvalue weighted by Crippen LogP contribution is -2.36. The van der Waals surface area contributed by atoms with E-state index in [0.717, 1.165) is 4.90 Å². The average molecular weight is 259 g/mol. The van der Waals surface area contributed by atoms with Crippen LogP contribution in [0.5, 0.6) is 0 Å². The van der Waals surface area contributed by atoms with E-state index in [1.54, 1.807) is 6.92 Å². The maximum atomic E-state index is 11.8. The highest BCUT2D eigenvalue weighted by atomic mass is 32.2. The number of hydrogen-bond acceptors (Lipinski definition) is 3. The fourth-order valence-corrected chi connectivity index (χ4v) is 1.58. The van der Waals surface area contributed by atoms with Crippen LogP contribution >= 0.6 is 11.8 Å². The van der Waals surface area contributed by atoms with E-state index in [-0.39, 0.29) is 12.3 Å². The predicted molar refractivity (Wildman–Crippen MR) is 53.3 cm³/mol. The van der Waals surface area contributed by atoms with E-state index in [0.29, 0.717) is 11.8 Å². The molecule has 0 bridgehead atoms. The number of thioether (sulfide) groups is 1. The van der Waals surface area contributed by atoms with Crippen molar-refractivity contribution in [1.82, 2.24) is 4.90 Å². The van der Waals surface area contributed by atoms with Crippen molar-refractivity contribution in [3.8, 4) is 0 Å². The van der Waals surface area contributed by atoms with Crippen molar-refractivity contribution in [3.05, 3.63) is 0 Å². The van der Waals surface area contributed by atoms with E-state index in [4.69, 9.17) is 5.11 Å². The maximum absolute atomic E-state index is 11.8. The molecule has 1 N–H and O–H groups in total. The summed E-state index contributed by atoms with van der Waals surface area (Å²) in [6.07, 6.45) is -4.31. The molecule has 0 aromatic rings. The Kier molecular flexibility index (Phi) is 6.24. The van der Waals surface area contributed by atoms with Crippen LogP contribution in [0.25, 0.3) is 0 Å². The second-order valence-corrected chi connectivity index (χ2v) is 3.90. The molecular weight excluding hydrogens is 247 g/mol. The number of alkyl halides is 3. The van der Waals surface area contributed by atoms with Gasteiger partial charge in [0, 0.05) is 6.54 Å². The highest BCUT2D eigenvalue weighted by molar-refractivity contribution is 8.00. The van der Waals surface area contributed by atoms with Crippen LogP contribution in [0.4, 0.5) is 13.2 Å². The maximum Gasteiger partial charge on any atom is 0.397 e. The topological polar surface area (TPSA) is 57.6 Å². The van der Waals surface area contributed by atoms with Crippen molar-refractivity contribution in [2.24, 2.45) is 0 Å². The molecule has 0 aliphatic rings. The molecule has 0 unspecified atom stereocenters. The lowest BCUT2D eigenvalue weighted by molar-refractivity contribution is -0.143. The molecule has 8 heteroatoms. The monoisotopic (exact) mass is 259 g/mol. The zero-order valence-corrected chi connectivity index (χ0v) is 9.40. The number of hydrogen-bond donors (Lipinski definition) is 1. The SMILES string of the molecule is CCN(CC(=O)O)C(=O)CSCC(F)(F)F. The number of halogens is 3. The number of likely N-dealkylation sites (N-methyl/N-ethyl adjacent to an activating group) is 1. The summed E-state index contributed by atoms with van der Waals surface area (Å²) in [5.74, 6) is -3.25. The molecule has 16 heavy (non-hydrogen) atoms. The first-order valence-corrected chi connectivity index (χ1v) is 5.55. The molecule has 0 saturated carbocycles. The number of carboxylic acid groups (broad SMARTS) is 1. The Balaban J connectivity index is 3.98. The molecule has 4 nitrogen and oxygen atoms in total. The predicted octanol–water partition coefficient (Wildman–Crippen LogP) is 1.21. The number of carboxylic acids is 1. The van der Waals surface area contributed by atoms with Crippen molar-refractivity contribution in [3.63, 3.8) is 0 Å². The van der Waals surface area contributed by atoms with Crippen LogP contribution in [0.1, 0.15) is 6.92 Å². The molecule has 0 heterocycles. The van der Waals surface area contributed by atoms with Gasteiger partial charge < -0.3 is 10.0 Å². The van der Waals surface area contributed by atoms with Crippen molar-refractivity contribution in [1.29, 1.82) is 0 Å². The van der Waals surface area contributed by atoms with Gasteiger partial charge in [-0.25, -0.2) is 0 Å². The van der Waals surface area contributed by atoms with Crippen LogP contribution in [0.15, 0.2) is 0 Å². The van der Waals surface area contributed by atoms with Crippen LogP contribution < -0.4 is 0 Å². The molecule has 0 aromatic heterocycles. The third-order valence-corrected chi connectivity index (χ3v) is 2.53.